The van der Waals surface area contributed by atoms with Crippen LogP contribution in [-0.4, -0.2) is 43.3 Å². The molecule has 2 aliphatic heterocycles. The Morgan fingerprint density at radius 1 is 1.35 bits per heavy atom. The van der Waals surface area contributed by atoms with Crippen LogP contribution in [0.25, 0.3) is 0 Å². The first-order valence-electron chi connectivity index (χ1n) is 7.56. The smallest absolute Gasteiger partial charge is 0.409 e. The molecule has 4 heteroatoms. The predicted octanol–water partition coefficient (Wildman–Crippen LogP) is 2.67. The number of anilines is 1. The number of fused-ring (bicyclic) bond motifs is 1. The molecule has 0 aromatic heterocycles. The summed E-state index contributed by atoms with van der Waals surface area (Å²) in [6, 6.07) is 9.03. The lowest BCUT2D eigenvalue weighted by molar-refractivity contribution is 0.0702. The van der Waals surface area contributed by atoms with Gasteiger partial charge >= 0.3 is 6.09 Å². The van der Waals surface area contributed by atoms with Gasteiger partial charge in [0.05, 0.1) is 12.6 Å². The first kappa shape index (κ1) is 13.3. The van der Waals surface area contributed by atoms with Crippen LogP contribution in [-0.2, 0) is 11.2 Å². The first-order valence-corrected chi connectivity index (χ1v) is 7.56. The van der Waals surface area contributed by atoms with Gasteiger partial charge in [0, 0.05) is 25.3 Å². The molecule has 3 rings (SSSR count). The number of likely N-dealkylation sites (tertiary alicyclic amines) is 1. The Hall–Kier alpha value is -1.71. The van der Waals surface area contributed by atoms with E-state index in [9.17, 15) is 4.79 Å². The van der Waals surface area contributed by atoms with Crippen LogP contribution in [0.1, 0.15) is 25.3 Å². The number of hydrogen-bond acceptors (Lipinski definition) is 3. The van der Waals surface area contributed by atoms with Crippen LogP contribution in [0, 0.1) is 0 Å². The third-order valence-corrected chi connectivity index (χ3v) is 4.21. The van der Waals surface area contributed by atoms with Crippen molar-refractivity contribution in [1.29, 1.82) is 0 Å². The van der Waals surface area contributed by atoms with E-state index in [1.807, 2.05) is 0 Å². The maximum Gasteiger partial charge on any atom is 0.409 e. The van der Waals surface area contributed by atoms with Crippen molar-refractivity contribution in [2.24, 2.45) is 0 Å². The van der Waals surface area contributed by atoms with Gasteiger partial charge < -0.3 is 14.5 Å². The minimum Gasteiger partial charge on any atom is -0.449 e. The number of nitrogens with zero attached hydrogens (tertiary/aromatic N) is 2. The molecule has 1 aromatic rings. The number of ether oxygens (including phenoxy) is 1. The third-order valence-electron chi connectivity index (χ3n) is 4.21. The molecule has 0 unspecified atom stereocenters. The zero-order chi connectivity index (χ0) is 13.9. The fourth-order valence-electron chi connectivity index (χ4n) is 2.94. The number of benzene rings is 1. The molecule has 0 bridgehead atoms. The minimum absolute atomic E-state index is 0.151. The van der Waals surface area contributed by atoms with Crippen molar-refractivity contribution in [3.63, 3.8) is 0 Å². The minimum atomic E-state index is -0.151. The number of carbonyl (C=O) groups is 1. The summed E-state index contributed by atoms with van der Waals surface area (Å²) >= 11 is 0. The summed E-state index contributed by atoms with van der Waals surface area (Å²) in [5, 5.41) is 0. The Balaban J connectivity index is 1.50. The molecule has 4 nitrogen and oxygen atoms in total. The molecular formula is C16H22N2O2. The van der Waals surface area contributed by atoms with Gasteiger partial charge in [-0.15, -0.1) is 0 Å². The van der Waals surface area contributed by atoms with E-state index >= 15 is 0 Å². The molecule has 1 aromatic carbocycles. The largest absolute Gasteiger partial charge is 0.449 e. The topological polar surface area (TPSA) is 32.8 Å². The van der Waals surface area contributed by atoms with Crippen molar-refractivity contribution < 1.29 is 9.53 Å². The van der Waals surface area contributed by atoms with Gasteiger partial charge in [-0.1, -0.05) is 31.5 Å². The second-order valence-corrected chi connectivity index (χ2v) is 5.60. The summed E-state index contributed by atoms with van der Waals surface area (Å²) in [5.74, 6) is 0. The lowest BCUT2D eigenvalue weighted by Gasteiger charge is -2.44. The van der Waals surface area contributed by atoms with Gasteiger partial charge in [-0.3, -0.25) is 0 Å². The molecule has 0 radical (unpaired) electrons. The van der Waals surface area contributed by atoms with Crippen molar-refractivity contribution >= 4 is 11.8 Å². The van der Waals surface area contributed by atoms with Crippen LogP contribution < -0.4 is 4.90 Å². The van der Waals surface area contributed by atoms with Crippen molar-refractivity contribution in [2.45, 2.75) is 32.2 Å². The van der Waals surface area contributed by atoms with Gasteiger partial charge in [0.25, 0.3) is 0 Å². The van der Waals surface area contributed by atoms with E-state index in [0.717, 1.165) is 38.9 Å². The summed E-state index contributed by atoms with van der Waals surface area (Å²) in [4.78, 5) is 16.0. The highest BCUT2D eigenvalue weighted by atomic mass is 16.6. The Labute approximate surface area is 120 Å². The van der Waals surface area contributed by atoms with Gasteiger partial charge in [-0.2, -0.15) is 0 Å². The van der Waals surface area contributed by atoms with E-state index in [1.54, 1.807) is 4.90 Å². The second kappa shape index (κ2) is 5.73. The molecular weight excluding hydrogens is 252 g/mol. The Bertz CT molecular complexity index is 483. The van der Waals surface area contributed by atoms with E-state index < -0.39 is 0 Å². The first-order chi connectivity index (χ1) is 9.79. The summed E-state index contributed by atoms with van der Waals surface area (Å²) in [6.45, 7) is 5.29. The average Bonchev–Trinajstić information content (AvgIpc) is 2.82. The van der Waals surface area contributed by atoms with Crippen LogP contribution in [0.2, 0.25) is 0 Å². The quantitative estimate of drug-likeness (QED) is 0.791. The highest BCUT2D eigenvalue weighted by molar-refractivity contribution is 5.70. The van der Waals surface area contributed by atoms with E-state index in [0.29, 0.717) is 12.6 Å². The molecule has 108 valence electrons. The van der Waals surface area contributed by atoms with Gasteiger partial charge in [-0.25, -0.2) is 4.79 Å². The predicted molar refractivity (Wildman–Crippen MR) is 79.1 cm³/mol. The summed E-state index contributed by atoms with van der Waals surface area (Å²) < 4.78 is 5.24. The molecule has 1 fully saturated rings. The third kappa shape index (κ3) is 2.47. The van der Waals surface area contributed by atoms with E-state index in [-0.39, 0.29) is 6.09 Å². The average molecular weight is 274 g/mol. The zero-order valence-corrected chi connectivity index (χ0v) is 12.0. The molecule has 0 N–H and O–H groups in total. The van der Waals surface area contributed by atoms with Crippen LogP contribution >= 0.6 is 0 Å². The molecule has 2 heterocycles. The van der Waals surface area contributed by atoms with Crippen molar-refractivity contribution in [1.82, 2.24) is 4.90 Å². The fourth-order valence-corrected chi connectivity index (χ4v) is 2.94. The zero-order valence-electron chi connectivity index (χ0n) is 12.0. The Kier molecular flexibility index (Phi) is 3.81. The molecule has 1 amide bonds. The van der Waals surface area contributed by atoms with Crippen LogP contribution in [0.4, 0.5) is 10.5 Å². The van der Waals surface area contributed by atoms with Crippen molar-refractivity contribution in [2.75, 3.05) is 31.1 Å². The van der Waals surface area contributed by atoms with Crippen molar-refractivity contribution in [3.8, 4) is 0 Å². The van der Waals surface area contributed by atoms with Crippen LogP contribution in [0.3, 0.4) is 0 Å². The summed E-state index contributed by atoms with van der Waals surface area (Å²) in [6.07, 6.45) is 2.97. The molecule has 0 spiro atoms. The molecule has 0 atom stereocenters. The monoisotopic (exact) mass is 274 g/mol. The van der Waals surface area contributed by atoms with Gasteiger partial charge in [0.15, 0.2) is 0 Å². The summed E-state index contributed by atoms with van der Waals surface area (Å²) in [7, 11) is 0. The number of carbonyl (C=O) groups excluding carboxylic acids is 1. The second-order valence-electron chi connectivity index (χ2n) is 5.60. The number of unbranched alkanes of at least 4 members (excludes halogenated alkanes) is 1. The number of amides is 1. The molecule has 2 aliphatic rings. The summed E-state index contributed by atoms with van der Waals surface area (Å²) in [5.41, 5.74) is 2.77. The maximum absolute atomic E-state index is 11.8. The molecule has 0 aliphatic carbocycles. The van der Waals surface area contributed by atoms with E-state index in [1.165, 1.54) is 11.3 Å². The molecule has 20 heavy (non-hydrogen) atoms. The van der Waals surface area contributed by atoms with E-state index in [2.05, 4.69) is 36.1 Å². The van der Waals surface area contributed by atoms with Crippen LogP contribution in [0.5, 0.6) is 0 Å². The number of para-hydroxylation sites is 1. The Morgan fingerprint density at radius 2 is 2.15 bits per heavy atom. The molecule has 0 saturated carbocycles. The van der Waals surface area contributed by atoms with E-state index in [4.69, 9.17) is 4.74 Å². The lowest BCUT2D eigenvalue weighted by atomic mass is 10.1. The van der Waals surface area contributed by atoms with Gasteiger partial charge in [0.2, 0.25) is 0 Å². The normalized spacial score (nSPS) is 17.9. The maximum atomic E-state index is 11.8. The fraction of sp³-hybridized carbons (Fsp3) is 0.562. The SMILES string of the molecule is CCCCOC(=O)N1CC(N2CCc3ccccc32)C1. The van der Waals surface area contributed by atoms with Crippen molar-refractivity contribution in [3.05, 3.63) is 29.8 Å². The highest BCUT2D eigenvalue weighted by Crippen LogP contribution is 2.32. The Morgan fingerprint density at radius 3 is 2.95 bits per heavy atom. The standard InChI is InChI=1S/C16H22N2O2/c1-2-3-10-20-16(19)17-11-14(12-17)18-9-8-13-6-4-5-7-15(13)18/h4-7,14H,2-3,8-12H2,1H3. The lowest BCUT2D eigenvalue weighted by Crippen LogP contribution is -2.61. The van der Waals surface area contributed by atoms with Gasteiger partial charge in [-0.05, 0) is 24.5 Å². The molecule has 1 saturated heterocycles. The number of rotatable bonds is 4. The van der Waals surface area contributed by atoms with Gasteiger partial charge in [0.1, 0.15) is 0 Å². The highest BCUT2D eigenvalue weighted by Gasteiger charge is 2.37. The van der Waals surface area contributed by atoms with Crippen LogP contribution in [0.15, 0.2) is 24.3 Å². The number of hydrogen-bond donors (Lipinski definition) is 0.